The molecule has 0 heterocycles. The second-order valence-corrected chi connectivity index (χ2v) is 5.87. The molecular formula is C17H21NO4. The summed E-state index contributed by atoms with van der Waals surface area (Å²) in [5.74, 6) is -1.71. The normalized spacial score (nSPS) is 16.7. The van der Waals surface area contributed by atoms with Crippen LogP contribution in [0.1, 0.15) is 44.1 Å². The highest BCUT2D eigenvalue weighted by atomic mass is 16.4. The number of carbonyl (C=O) groups excluding carboxylic acids is 2. The number of amides is 1. The first-order chi connectivity index (χ1) is 10.5. The lowest BCUT2D eigenvalue weighted by atomic mass is 9.81. The van der Waals surface area contributed by atoms with Gasteiger partial charge in [0.1, 0.15) is 11.3 Å². The van der Waals surface area contributed by atoms with E-state index in [1.807, 2.05) is 30.3 Å². The Bertz CT molecular complexity index is 547. The van der Waals surface area contributed by atoms with E-state index in [0.717, 1.165) is 24.8 Å². The number of hydrogen-bond acceptors (Lipinski definition) is 3. The topological polar surface area (TPSA) is 83.5 Å². The Morgan fingerprint density at radius 2 is 1.68 bits per heavy atom. The van der Waals surface area contributed by atoms with Gasteiger partial charge in [-0.2, -0.15) is 0 Å². The zero-order valence-corrected chi connectivity index (χ0v) is 12.5. The summed E-state index contributed by atoms with van der Waals surface area (Å²) in [7, 11) is 0. The first-order valence-corrected chi connectivity index (χ1v) is 7.62. The number of benzene rings is 1. The zero-order chi connectivity index (χ0) is 16.0. The summed E-state index contributed by atoms with van der Waals surface area (Å²) in [5.41, 5.74) is -0.339. The number of carboxylic acid groups (broad SMARTS) is 1. The van der Waals surface area contributed by atoms with Crippen LogP contribution in [0.4, 0.5) is 0 Å². The lowest BCUT2D eigenvalue weighted by Crippen LogP contribution is -2.55. The van der Waals surface area contributed by atoms with Crippen LogP contribution in [0.5, 0.6) is 0 Å². The third-order valence-electron chi connectivity index (χ3n) is 4.10. The van der Waals surface area contributed by atoms with Crippen molar-refractivity contribution in [2.24, 2.45) is 0 Å². The fourth-order valence-corrected chi connectivity index (χ4v) is 2.92. The minimum Gasteiger partial charge on any atom is -0.480 e. The summed E-state index contributed by atoms with van der Waals surface area (Å²) < 4.78 is 0. The fourth-order valence-electron chi connectivity index (χ4n) is 2.92. The van der Waals surface area contributed by atoms with E-state index in [-0.39, 0.29) is 18.6 Å². The number of aliphatic carboxylic acids is 1. The standard InChI is InChI=1S/C17H21NO4/c19-14(11-13-7-3-1-4-8-13)12-15(20)18-17(16(21)22)9-5-2-6-10-17/h1,3-4,7-8H,2,5-6,9-12H2,(H,18,20)(H,21,22). The van der Waals surface area contributed by atoms with Gasteiger partial charge in [-0.25, -0.2) is 4.79 Å². The zero-order valence-electron chi connectivity index (χ0n) is 12.5. The summed E-state index contributed by atoms with van der Waals surface area (Å²) in [6.45, 7) is 0. The lowest BCUT2D eigenvalue weighted by Gasteiger charge is -2.33. The third-order valence-corrected chi connectivity index (χ3v) is 4.10. The molecule has 5 nitrogen and oxygen atoms in total. The van der Waals surface area contributed by atoms with Gasteiger partial charge < -0.3 is 10.4 Å². The monoisotopic (exact) mass is 303 g/mol. The maximum atomic E-state index is 12.0. The molecule has 5 heteroatoms. The summed E-state index contributed by atoms with van der Waals surface area (Å²) in [5, 5.41) is 12.0. The summed E-state index contributed by atoms with van der Waals surface area (Å²) >= 11 is 0. The number of nitrogens with one attached hydrogen (secondary N) is 1. The first kappa shape index (κ1) is 16.2. The third kappa shape index (κ3) is 4.16. The maximum Gasteiger partial charge on any atom is 0.329 e. The van der Waals surface area contributed by atoms with E-state index in [1.54, 1.807) is 0 Å². The molecule has 0 aromatic heterocycles. The van der Waals surface area contributed by atoms with Gasteiger partial charge in [-0.05, 0) is 18.4 Å². The quantitative estimate of drug-likeness (QED) is 0.788. The molecule has 2 N–H and O–H groups in total. The minimum absolute atomic E-state index is 0.189. The maximum absolute atomic E-state index is 12.0. The van der Waals surface area contributed by atoms with Crippen molar-refractivity contribution in [3.8, 4) is 0 Å². The van der Waals surface area contributed by atoms with Crippen LogP contribution in [0.2, 0.25) is 0 Å². The second kappa shape index (κ2) is 7.20. The van der Waals surface area contributed by atoms with Crippen LogP contribution in [-0.4, -0.2) is 28.3 Å². The molecule has 1 aromatic rings. The molecule has 1 fully saturated rings. The number of carbonyl (C=O) groups is 3. The van der Waals surface area contributed by atoms with Gasteiger partial charge in [0.05, 0.1) is 6.42 Å². The number of ketones is 1. The van der Waals surface area contributed by atoms with Crippen molar-refractivity contribution in [2.75, 3.05) is 0 Å². The van der Waals surface area contributed by atoms with Crippen LogP contribution in [0, 0.1) is 0 Å². The number of hydrogen-bond donors (Lipinski definition) is 2. The van der Waals surface area contributed by atoms with Crippen molar-refractivity contribution in [3.05, 3.63) is 35.9 Å². The molecule has 1 saturated carbocycles. The van der Waals surface area contributed by atoms with E-state index in [1.165, 1.54) is 0 Å². The molecule has 22 heavy (non-hydrogen) atoms. The first-order valence-electron chi connectivity index (χ1n) is 7.62. The fraction of sp³-hybridized carbons (Fsp3) is 0.471. The lowest BCUT2D eigenvalue weighted by molar-refractivity contribution is -0.149. The number of rotatable bonds is 6. The molecule has 1 amide bonds. The molecule has 1 aromatic carbocycles. The molecule has 0 radical (unpaired) electrons. The summed E-state index contributed by atoms with van der Waals surface area (Å²) in [6, 6.07) is 9.19. The van der Waals surface area contributed by atoms with Crippen LogP contribution >= 0.6 is 0 Å². The van der Waals surface area contributed by atoms with Gasteiger partial charge in [-0.15, -0.1) is 0 Å². The van der Waals surface area contributed by atoms with E-state index in [4.69, 9.17) is 0 Å². The Balaban J connectivity index is 1.91. The Kier molecular flexibility index (Phi) is 5.31. The second-order valence-electron chi connectivity index (χ2n) is 5.87. The van der Waals surface area contributed by atoms with Crippen LogP contribution in [0.15, 0.2) is 30.3 Å². The summed E-state index contributed by atoms with van der Waals surface area (Å²) in [4.78, 5) is 35.4. The minimum atomic E-state index is -1.19. The number of carboxylic acids is 1. The van der Waals surface area contributed by atoms with Gasteiger partial charge in [0.2, 0.25) is 5.91 Å². The van der Waals surface area contributed by atoms with Crippen LogP contribution in [0.25, 0.3) is 0 Å². The van der Waals surface area contributed by atoms with Crippen molar-refractivity contribution >= 4 is 17.7 Å². The Morgan fingerprint density at radius 3 is 2.27 bits per heavy atom. The molecule has 0 unspecified atom stereocenters. The predicted octanol–water partition coefficient (Wildman–Crippen LogP) is 2.09. The molecule has 0 atom stereocenters. The molecular weight excluding hydrogens is 282 g/mol. The molecule has 1 aliphatic carbocycles. The van der Waals surface area contributed by atoms with E-state index >= 15 is 0 Å². The van der Waals surface area contributed by atoms with Crippen molar-refractivity contribution in [1.82, 2.24) is 5.32 Å². The predicted molar refractivity (Wildman–Crippen MR) is 81.4 cm³/mol. The van der Waals surface area contributed by atoms with Gasteiger partial charge in [0, 0.05) is 6.42 Å². The Hall–Kier alpha value is -2.17. The molecule has 118 valence electrons. The molecule has 0 bridgehead atoms. The van der Waals surface area contributed by atoms with Gasteiger partial charge in [-0.1, -0.05) is 49.6 Å². The molecule has 2 rings (SSSR count). The smallest absolute Gasteiger partial charge is 0.329 e. The van der Waals surface area contributed by atoms with Crippen molar-refractivity contribution < 1.29 is 19.5 Å². The molecule has 0 saturated heterocycles. The van der Waals surface area contributed by atoms with Gasteiger partial charge in [0.25, 0.3) is 0 Å². The van der Waals surface area contributed by atoms with Crippen molar-refractivity contribution in [3.63, 3.8) is 0 Å². The Labute approximate surface area is 129 Å². The average Bonchev–Trinajstić information content (AvgIpc) is 2.48. The van der Waals surface area contributed by atoms with Crippen LogP contribution < -0.4 is 5.32 Å². The SMILES string of the molecule is O=C(CC(=O)NC1(C(=O)O)CCCCC1)Cc1ccccc1. The van der Waals surface area contributed by atoms with E-state index in [2.05, 4.69) is 5.32 Å². The van der Waals surface area contributed by atoms with E-state index in [0.29, 0.717) is 12.8 Å². The van der Waals surface area contributed by atoms with E-state index in [9.17, 15) is 19.5 Å². The Morgan fingerprint density at radius 1 is 1.05 bits per heavy atom. The molecule has 0 aliphatic heterocycles. The van der Waals surface area contributed by atoms with E-state index < -0.39 is 17.4 Å². The summed E-state index contributed by atoms with van der Waals surface area (Å²) in [6.07, 6.45) is 3.33. The van der Waals surface area contributed by atoms with Crippen molar-refractivity contribution in [1.29, 1.82) is 0 Å². The molecule has 0 spiro atoms. The largest absolute Gasteiger partial charge is 0.480 e. The van der Waals surface area contributed by atoms with Crippen LogP contribution in [0.3, 0.4) is 0 Å². The van der Waals surface area contributed by atoms with Gasteiger partial charge in [0.15, 0.2) is 0 Å². The highest BCUT2D eigenvalue weighted by molar-refractivity contribution is 6.00. The van der Waals surface area contributed by atoms with Gasteiger partial charge >= 0.3 is 5.97 Å². The van der Waals surface area contributed by atoms with Crippen LogP contribution in [-0.2, 0) is 20.8 Å². The highest BCUT2D eigenvalue weighted by Crippen LogP contribution is 2.28. The molecule has 1 aliphatic rings. The van der Waals surface area contributed by atoms with Gasteiger partial charge in [-0.3, -0.25) is 9.59 Å². The van der Waals surface area contributed by atoms with Crippen molar-refractivity contribution in [2.45, 2.75) is 50.5 Å². The highest BCUT2D eigenvalue weighted by Gasteiger charge is 2.40. The number of Topliss-reactive ketones (excluding diaryl/α,β-unsaturated/α-hetero) is 1. The average molecular weight is 303 g/mol.